The van der Waals surface area contributed by atoms with Crippen LogP contribution < -0.4 is 0 Å². The molecule has 1 aromatic heterocycles. The predicted molar refractivity (Wildman–Crippen MR) is 68.0 cm³/mol. The van der Waals surface area contributed by atoms with Crippen molar-refractivity contribution in [3.05, 3.63) is 16.9 Å². The summed E-state index contributed by atoms with van der Waals surface area (Å²) < 4.78 is 7.47. The first-order chi connectivity index (χ1) is 8.58. The maximum Gasteiger partial charge on any atom is 0.188 e. The van der Waals surface area contributed by atoms with Gasteiger partial charge in [0, 0.05) is 6.04 Å². The summed E-state index contributed by atoms with van der Waals surface area (Å²) in [5.41, 5.74) is 0.549. The number of ether oxygens (including phenoxy) is 1. The van der Waals surface area contributed by atoms with Crippen LogP contribution in [0, 0.1) is 5.92 Å². The second kappa shape index (κ2) is 4.35. The van der Waals surface area contributed by atoms with Crippen LogP contribution in [0.25, 0.3) is 0 Å². The molecule has 2 saturated heterocycles. The minimum absolute atomic E-state index is 0.0320. The van der Waals surface area contributed by atoms with Gasteiger partial charge in [-0.3, -0.25) is 9.48 Å². The molecule has 3 atom stereocenters. The van der Waals surface area contributed by atoms with Crippen LogP contribution in [-0.2, 0) is 4.74 Å². The smallest absolute Gasteiger partial charge is 0.188 e. The van der Waals surface area contributed by atoms with Gasteiger partial charge in [-0.25, -0.2) is 0 Å². The summed E-state index contributed by atoms with van der Waals surface area (Å²) in [6.07, 6.45) is 4.85. The highest BCUT2D eigenvalue weighted by molar-refractivity contribution is 6.33. The number of fused-ring (bicyclic) bond motifs is 2. The zero-order valence-electron chi connectivity index (χ0n) is 10.6. The van der Waals surface area contributed by atoms with Gasteiger partial charge in [-0.1, -0.05) is 11.6 Å². The lowest BCUT2D eigenvalue weighted by atomic mass is 9.85. The topological polar surface area (TPSA) is 44.1 Å². The number of ketones is 1. The van der Waals surface area contributed by atoms with E-state index in [1.165, 1.54) is 0 Å². The summed E-state index contributed by atoms with van der Waals surface area (Å²) in [5, 5.41) is 4.65. The second-order valence-electron chi connectivity index (χ2n) is 5.46. The number of carbonyl (C=O) groups is 1. The molecule has 0 aliphatic carbocycles. The summed E-state index contributed by atoms with van der Waals surface area (Å²) in [6.45, 7) is 3.99. The number of hydrogen-bond acceptors (Lipinski definition) is 3. The van der Waals surface area contributed by atoms with Gasteiger partial charge in [-0.15, -0.1) is 0 Å². The Morgan fingerprint density at radius 3 is 2.89 bits per heavy atom. The third-order valence-electron chi connectivity index (χ3n) is 3.92. The largest absolute Gasteiger partial charge is 0.374 e. The van der Waals surface area contributed by atoms with E-state index in [0.29, 0.717) is 10.7 Å². The molecule has 1 aromatic rings. The monoisotopic (exact) mass is 268 g/mol. The Bertz CT molecular complexity index is 483. The van der Waals surface area contributed by atoms with Gasteiger partial charge in [0.15, 0.2) is 5.78 Å². The number of rotatable bonds is 3. The highest BCUT2D eigenvalue weighted by Crippen LogP contribution is 2.41. The summed E-state index contributed by atoms with van der Waals surface area (Å²) in [6, 6.07) is 0.135. The first-order valence-electron chi connectivity index (χ1n) is 6.50. The van der Waals surface area contributed by atoms with E-state index in [4.69, 9.17) is 16.3 Å². The molecule has 0 amide bonds. The van der Waals surface area contributed by atoms with Gasteiger partial charge in [-0.2, -0.15) is 5.10 Å². The molecule has 3 unspecified atom stereocenters. The van der Waals surface area contributed by atoms with E-state index < -0.39 is 0 Å². The number of hydrogen-bond donors (Lipinski definition) is 0. The molecule has 5 heteroatoms. The van der Waals surface area contributed by atoms with Crippen molar-refractivity contribution in [2.45, 2.75) is 51.4 Å². The number of Topliss-reactive ketones (excluding diaryl/α,β-unsaturated/α-hetero) is 1. The Balaban J connectivity index is 1.91. The standard InChI is InChI=1S/C13H17ClN2O2/c1-7(2)16-12(10(14)6-15-16)13(17)9-5-8-3-4-11(9)18-8/h6-9,11H,3-5H2,1-2H3. The van der Waals surface area contributed by atoms with E-state index in [2.05, 4.69) is 5.10 Å². The second-order valence-corrected chi connectivity index (χ2v) is 5.87. The molecule has 0 aromatic carbocycles. The molecule has 3 heterocycles. The Labute approximate surface area is 111 Å². The molecule has 4 nitrogen and oxygen atoms in total. The summed E-state index contributed by atoms with van der Waals surface area (Å²) in [5.74, 6) is 0.0637. The summed E-state index contributed by atoms with van der Waals surface area (Å²) in [4.78, 5) is 12.6. The van der Waals surface area contributed by atoms with E-state index in [1.807, 2.05) is 13.8 Å². The van der Waals surface area contributed by atoms with E-state index in [9.17, 15) is 4.79 Å². The van der Waals surface area contributed by atoms with Crippen molar-refractivity contribution in [2.24, 2.45) is 5.92 Å². The SMILES string of the molecule is CC(C)n1ncc(Cl)c1C(=O)C1CC2CCC1O2. The molecule has 3 rings (SSSR count). The van der Waals surface area contributed by atoms with Crippen LogP contribution in [0.5, 0.6) is 0 Å². The predicted octanol–water partition coefficient (Wildman–Crippen LogP) is 2.87. The van der Waals surface area contributed by atoms with Gasteiger partial charge in [0.05, 0.1) is 29.3 Å². The third kappa shape index (κ3) is 1.79. The third-order valence-corrected chi connectivity index (χ3v) is 4.19. The molecule has 2 aliphatic heterocycles. The van der Waals surface area contributed by atoms with Crippen LogP contribution in [0.3, 0.4) is 0 Å². The number of carbonyl (C=O) groups excluding carboxylic acids is 1. The fourth-order valence-electron chi connectivity index (χ4n) is 3.05. The van der Waals surface area contributed by atoms with Crippen LogP contribution >= 0.6 is 11.6 Å². The lowest BCUT2D eigenvalue weighted by molar-refractivity contribution is 0.0734. The zero-order chi connectivity index (χ0) is 12.9. The molecular formula is C13H17ClN2O2. The van der Waals surface area contributed by atoms with Gasteiger partial charge in [0.25, 0.3) is 0 Å². The van der Waals surface area contributed by atoms with Gasteiger partial charge >= 0.3 is 0 Å². The van der Waals surface area contributed by atoms with Crippen molar-refractivity contribution in [2.75, 3.05) is 0 Å². The number of aromatic nitrogens is 2. The van der Waals surface area contributed by atoms with Crippen LogP contribution in [-0.4, -0.2) is 27.8 Å². The average Bonchev–Trinajstić information content (AvgIpc) is 3.01. The van der Waals surface area contributed by atoms with Crippen LogP contribution in [0.2, 0.25) is 5.02 Å². The molecule has 0 radical (unpaired) electrons. The Morgan fingerprint density at radius 2 is 2.33 bits per heavy atom. The van der Waals surface area contributed by atoms with Crippen molar-refractivity contribution in [1.82, 2.24) is 9.78 Å². The minimum Gasteiger partial charge on any atom is -0.374 e. The maximum atomic E-state index is 12.6. The molecule has 2 aliphatic rings. The molecular weight excluding hydrogens is 252 g/mol. The normalized spacial score (nSPS) is 30.3. The minimum atomic E-state index is -0.0320. The van der Waals surface area contributed by atoms with Gasteiger partial charge in [0.1, 0.15) is 5.69 Å². The zero-order valence-corrected chi connectivity index (χ0v) is 11.4. The lowest BCUT2D eigenvalue weighted by Gasteiger charge is -2.19. The quantitative estimate of drug-likeness (QED) is 0.792. The van der Waals surface area contributed by atoms with Crippen molar-refractivity contribution in [3.63, 3.8) is 0 Å². The first kappa shape index (κ1) is 12.2. The Hall–Kier alpha value is -0.870. The number of halogens is 1. The lowest BCUT2D eigenvalue weighted by Crippen LogP contribution is -2.28. The summed E-state index contributed by atoms with van der Waals surface area (Å²) in [7, 11) is 0. The Morgan fingerprint density at radius 1 is 1.56 bits per heavy atom. The van der Waals surface area contributed by atoms with Crippen molar-refractivity contribution in [3.8, 4) is 0 Å². The van der Waals surface area contributed by atoms with E-state index in [-0.39, 0.29) is 30.0 Å². The molecule has 0 saturated carbocycles. The van der Waals surface area contributed by atoms with Crippen LogP contribution in [0.1, 0.15) is 49.6 Å². The summed E-state index contributed by atoms with van der Waals surface area (Å²) >= 11 is 6.12. The van der Waals surface area contributed by atoms with E-state index in [1.54, 1.807) is 10.9 Å². The molecule has 0 spiro atoms. The average molecular weight is 269 g/mol. The van der Waals surface area contributed by atoms with Gasteiger partial charge < -0.3 is 4.74 Å². The number of nitrogens with zero attached hydrogens (tertiary/aromatic N) is 2. The van der Waals surface area contributed by atoms with Gasteiger partial charge in [-0.05, 0) is 33.1 Å². The van der Waals surface area contributed by atoms with Crippen molar-refractivity contribution >= 4 is 17.4 Å². The fourth-order valence-corrected chi connectivity index (χ4v) is 3.28. The maximum absolute atomic E-state index is 12.6. The molecule has 2 fully saturated rings. The van der Waals surface area contributed by atoms with Crippen LogP contribution in [0.4, 0.5) is 0 Å². The van der Waals surface area contributed by atoms with E-state index >= 15 is 0 Å². The molecule has 98 valence electrons. The van der Waals surface area contributed by atoms with E-state index in [0.717, 1.165) is 19.3 Å². The molecule has 0 N–H and O–H groups in total. The molecule has 18 heavy (non-hydrogen) atoms. The highest BCUT2D eigenvalue weighted by Gasteiger charge is 2.45. The van der Waals surface area contributed by atoms with Crippen LogP contribution in [0.15, 0.2) is 6.20 Å². The fraction of sp³-hybridized carbons (Fsp3) is 0.692. The highest BCUT2D eigenvalue weighted by atomic mass is 35.5. The van der Waals surface area contributed by atoms with Crippen molar-refractivity contribution in [1.29, 1.82) is 0 Å². The van der Waals surface area contributed by atoms with Crippen molar-refractivity contribution < 1.29 is 9.53 Å². The first-order valence-corrected chi connectivity index (χ1v) is 6.88. The van der Waals surface area contributed by atoms with Gasteiger partial charge in [0.2, 0.25) is 0 Å². The Kier molecular flexibility index (Phi) is 2.94. The molecule has 2 bridgehead atoms.